The second-order valence-corrected chi connectivity index (χ2v) is 13.0. The minimum Gasteiger partial charge on any atom is -0.310 e. The first-order valence-corrected chi connectivity index (χ1v) is 14.6. The van der Waals surface area contributed by atoms with Crippen molar-refractivity contribution in [3.8, 4) is 11.1 Å². The summed E-state index contributed by atoms with van der Waals surface area (Å²) in [4.78, 5) is 2.51. The summed E-state index contributed by atoms with van der Waals surface area (Å²) in [6, 6.07) is 46.8. The van der Waals surface area contributed by atoms with Gasteiger partial charge in [0, 0.05) is 16.7 Å². The van der Waals surface area contributed by atoms with E-state index in [1.165, 1.54) is 50.4 Å². The Morgan fingerprint density at radius 1 is 0.475 bits per heavy atom. The Hall–Kier alpha value is -4.10. The van der Waals surface area contributed by atoms with E-state index in [-0.39, 0.29) is 16.2 Å². The van der Waals surface area contributed by atoms with Crippen LogP contribution in [0.4, 0.5) is 17.1 Å². The van der Waals surface area contributed by atoms with Crippen LogP contribution in [0.3, 0.4) is 0 Å². The molecule has 40 heavy (non-hydrogen) atoms. The van der Waals surface area contributed by atoms with Crippen LogP contribution in [-0.4, -0.2) is 0 Å². The van der Waals surface area contributed by atoms with E-state index in [0.717, 1.165) is 12.8 Å². The van der Waals surface area contributed by atoms with Gasteiger partial charge in [-0.1, -0.05) is 131 Å². The third kappa shape index (κ3) is 3.68. The Bertz CT molecular complexity index is 1700. The molecule has 5 aromatic rings. The first kappa shape index (κ1) is 24.9. The zero-order valence-corrected chi connectivity index (χ0v) is 24.0. The number of hydrogen-bond acceptors (Lipinski definition) is 1. The molecular weight excluding hydrogens is 482 g/mol. The van der Waals surface area contributed by atoms with E-state index >= 15 is 0 Å². The average molecular weight is 520 g/mol. The van der Waals surface area contributed by atoms with Gasteiger partial charge in [-0.05, 0) is 75.8 Å². The average Bonchev–Trinajstić information content (AvgIpc) is 3.35. The Kier molecular flexibility index (Phi) is 5.58. The first-order chi connectivity index (χ1) is 19.3. The fraction of sp³-hybridized carbons (Fsp3) is 0.231. The maximum absolute atomic E-state index is 2.51. The van der Waals surface area contributed by atoms with Gasteiger partial charge in [0.1, 0.15) is 0 Å². The predicted octanol–water partition coefficient (Wildman–Crippen LogP) is 10.5. The van der Waals surface area contributed by atoms with Crippen molar-refractivity contribution in [2.45, 2.75) is 56.8 Å². The molecule has 0 aliphatic heterocycles. The molecule has 1 spiro atoms. The van der Waals surface area contributed by atoms with Gasteiger partial charge in [0.05, 0.1) is 11.4 Å². The second-order valence-electron chi connectivity index (χ2n) is 13.0. The standard InChI is InChI=1S/C39H37N/c1-37(2)26-39(32-22-13-12-21-31(32)37)27-38(3,4)36-33(39)23-15-25-35(36)40(29-18-9-6-10-19-29)34-24-14-11-20-30(34)28-16-7-5-8-17-28/h5-25H,26-27H2,1-4H3. The van der Waals surface area contributed by atoms with E-state index in [2.05, 4.69) is 160 Å². The van der Waals surface area contributed by atoms with E-state index in [4.69, 9.17) is 0 Å². The molecular formula is C39H37N. The third-order valence-corrected chi connectivity index (χ3v) is 9.38. The van der Waals surface area contributed by atoms with Crippen molar-refractivity contribution in [1.29, 1.82) is 0 Å². The molecule has 1 heteroatoms. The van der Waals surface area contributed by atoms with Crippen molar-refractivity contribution in [1.82, 2.24) is 0 Å². The molecule has 2 aliphatic carbocycles. The molecule has 0 saturated heterocycles. The minimum absolute atomic E-state index is 0.00811. The molecule has 1 atom stereocenters. The summed E-state index contributed by atoms with van der Waals surface area (Å²) in [5.41, 5.74) is 12.3. The topological polar surface area (TPSA) is 3.24 Å². The molecule has 0 N–H and O–H groups in total. The summed E-state index contributed by atoms with van der Waals surface area (Å²) in [6.07, 6.45) is 2.26. The van der Waals surface area contributed by atoms with E-state index in [1.807, 2.05) is 0 Å². The van der Waals surface area contributed by atoms with Crippen LogP contribution in [-0.2, 0) is 16.2 Å². The zero-order chi connectivity index (χ0) is 27.5. The van der Waals surface area contributed by atoms with Gasteiger partial charge in [-0.3, -0.25) is 0 Å². The summed E-state index contributed by atoms with van der Waals surface area (Å²) in [5.74, 6) is 0. The second kappa shape index (κ2) is 8.96. The molecule has 5 aromatic carbocycles. The Morgan fingerprint density at radius 2 is 1.02 bits per heavy atom. The highest BCUT2D eigenvalue weighted by molar-refractivity contribution is 5.90. The maximum Gasteiger partial charge on any atom is 0.0540 e. The summed E-state index contributed by atoms with van der Waals surface area (Å²) in [6.45, 7) is 9.79. The smallest absolute Gasteiger partial charge is 0.0540 e. The van der Waals surface area contributed by atoms with Gasteiger partial charge in [0.2, 0.25) is 0 Å². The first-order valence-electron chi connectivity index (χ1n) is 14.6. The lowest BCUT2D eigenvalue weighted by Crippen LogP contribution is -2.26. The van der Waals surface area contributed by atoms with Crippen LogP contribution in [0, 0.1) is 0 Å². The highest BCUT2D eigenvalue weighted by Gasteiger charge is 2.56. The molecule has 0 saturated carbocycles. The normalized spacial score (nSPS) is 19.8. The Labute approximate surface area is 239 Å². The molecule has 0 amide bonds. The summed E-state index contributed by atoms with van der Waals surface area (Å²) >= 11 is 0. The fourth-order valence-electron chi connectivity index (χ4n) is 8.12. The number of para-hydroxylation sites is 2. The van der Waals surface area contributed by atoms with Crippen LogP contribution < -0.4 is 4.90 Å². The van der Waals surface area contributed by atoms with Crippen molar-refractivity contribution in [2.24, 2.45) is 0 Å². The van der Waals surface area contributed by atoms with Crippen LogP contribution >= 0.6 is 0 Å². The predicted molar refractivity (Wildman–Crippen MR) is 169 cm³/mol. The molecule has 1 unspecified atom stereocenters. The van der Waals surface area contributed by atoms with E-state index < -0.39 is 0 Å². The van der Waals surface area contributed by atoms with Crippen LogP contribution in [0.1, 0.15) is 62.8 Å². The van der Waals surface area contributed by atoms with Crippen molar-refractivity contribution in [3.05, 3.63) is 150 Å². The van der Waals surface area contributed by atoms with Gasteiger partial charge in [-0.2, -0.15) is 0 Å². The number of fused-ring (bicyclic) bond motifs is 4. The summed E-state index contributed by atoms with van der Waals surface area (Å²) in [5, 5.41) is 0. The third-order valence-electron chi connectivity index (χ3n) is 9.38. The van der Waals surface area contributed by atoms with Crippen molar-refractivity contribution in [2.75, 3.05) is 4.90 Å². The minimum atomic E-state index is 0.00811. The monoisotopic (exact) mass is 519 g/mol. The molecule has 0 bridgehead atoms. The highest BCUT2D eigenvalue weighted by Crippen LogP contribution is 2.64. The van der Waals surface area contributed by atoms with E-state index in [1.54, 1.807) is 0 Å². The quantitative estimate of drug-likeness (QED) is 0.228. The number of benzene rings is 5. The van der Waals surface area contributed by atoms with Gasteiger partial charge in [0.15, 0.2) is 0 Å². The van der Waals surface area contributed by atoms with Gasteiger partial charge in [-0.25, -0.2) is 0 Å². The molecule has 0 heterocycles. The van der Waals surface area contributed by atoms with E-state index in [9.17, 15) is 0 Å². The molecule has 7 rings (SSSR count). The lowest BCUT2D eigenvalue weighted by atomic mass is 9.72. The summed E-state index contributed by atoms with van der Waals surface area (Å²) < 4.78 is 0. The Morgan fingerprint density at radius 3 is 1.77 bits per heavy atom. The molecule has 2 aliphatic rings. The van der Waals surface area contributed by atoms with Gasteiger partial charge in [0.25, 0.3) is 0 Å². The van der Waals surface area contributed by atoms with Crippen LogP contribution in [0.5, 0.6) is 0 Å². The molecule has 0 fully saturated rings. The van der Waals surface area contributed by atoms with Crippen molar-refractivity contribution in [3.63, 3.8) is 0 Å². The van der Waals surface area contributed by atoms with Gasteiger partial charge >= 0.3 is 0 Å². The zero-order valence-electron chi connectivity index (χ0n) is 24.0. The van der Waals surface area contributed by atoms with Crippen LogP contribution in [0.15, 0.2) is 127 Å². The molecule has 0 aromatic heterocycles. The van der Waals surface area contributed by atoms with Crippen LogP contribution in [0.25, 0.3) is 11.1 Å². The molecule has 0 radical (unpaired) electrons. The van der Waals surface area contributed by atoms with Crippen molar-refractivity contribution < 1.29 is 0 Å². The SMILES string of the molecule is CC1(C)CC2(CC(C)(C)c3c(N(c4ccccc4)c4ccccc4-c4ccccc4)cccc32)c2ccccc21. The van der Waals surface area contributed by atoms with Crippen LogP contribution in [0.2, 0.25) is 0 Å². The lowest BCUT2D eigenvalue weighted by Gasteiger charge is -2.33. The summed E-state index contributed by atoms with van der Waals surface area (Å²) in [7, 11) is 0. The largest absolute Gasteiger partial charge is 0.310 e. The fourth-order valence-corrected chi connectivity index (χ4v) is 8.12. The van der Waals surface area contributed by atoms with Crippen molar-refractivity contribution >= 4 is 17.1 Å². The molecule has 198 valence electrons. The number of nitrogens with zero attached hydrogens (tertiary/aromatic N) is 1. The number of anilines is 3. The molecule has 1 nitrogen and oxygen atoms in total. The van der Waals surface area contributed by atoms with Gasteiger partial charge < -0.3 is 4.90 Å². The Balaban J connectivity index is 1.51. The number of hydrogen-bond donors (Lipinski definition) is 0. The lowest BCUT2D eigenvalue weighted by molar-refractivity contribution is 0.350. The number of rotatable bonds is 4. The van der Waals surface area contributed by atoms with E-state index in [0.29, 0.717) is 0 Å². The maximum atomic E-state index is 2.51. The highest BCUT2D eigenvalue weighted by atomic mass is 15.1. The van der Waals surface area contributed by atoms with Gasteiger partial charge in [-0.15, -0.1) is 0 Å².